The van der Waals surface area contributed by atoms with Gasteiger partial charge in [0.2, 0.25) is 0 Å². The van der Waals surface area contributed by atoms with Gasteiger partial charge in [0.25, 0.3) is 6.01 Å². The molecule has 0 amide bonds. The quantitative estimate of drug-likeness (QED) is 0.596. The van der Waals surface area contributed by atoms with Gasteiger partial charge in [0.1, 0.15) is 35.8 Å². The van der Waals surface area contributed by atoms with Crippen molar-refractivity contribution in [2.75, 3.05) is 18.5 Å². The van der Waals surface area contributed by atoms with Crippen molar-refractivity contribution in [2.45, 2.75) is 31.0 Å². The summed E-state index contributed by atoms with van der Waals surface area (Å²) in [4.78, 5) is 11.7. The fourth-order valence-corrected chi connectivity index (χ4v) is 3.59. The Hall–Kier alpha value is -2.82. The van der Waals surface area contributed by atoms with Crippen molar-refractivity contribution in [2.24, 2.45) is 0 Å². The van der Waals surface area contributed by atoms with Gasteiger partial charge in [0.05, 0.1) is 18.7 Å². The fourth-order valence-electron chi connectivity index (χ4n) is 3.59. The number of hydrogen-bond donors (Lipinski definition) is 3. The minimum absolute atomic E-state index is 0.0487. The van der Waals surface area contributed by atoms with Crippen LogP contribution in [-0.4, -0.2) is 57.7 Å². The van der Waals surface area contributed by atoms with Crippen molar-refractivity contribution in [3.05, 3.63) is 47.5 Å². The number of H-pyrrole nitrogens is 1. The summed E-state index contributed by atoms with van der Waals surface area (Å²) in [5.74, 6) is -0.819. The molecule has 10 heteroatoms. The highest BCUT2D eigenvalue weighted by molar-refractivity contribution is 5.73. The van der Waals surface area contributed by atoms with E-state index in [4.69, 9.17) is 14.2 Å². The highest BCUT2D eigenvalue weighted by atomic mass is 19.1. The molecule has 1 aromatic carbocycles. The number of anilines is 1. The Labute approximate surface area is 163 Å². The highest BCUT2D eigenvalue weighted by Gasteiger charge is 2.48. The number of nitrogens with zero attached hydrogens (tertiary/aromatic N) is 2. The zero-order valence-corrected chi connectivity index (χ0v) is 15.1. The second-order valence-corrected chi connectivity index (χ2v) is 6.98. The summed E-state index contributed by atoms with van der Waals surface area (Å²) in [5.41, 5.74) is 0.974. The van der Waals surface area contributed by atoms with E-state index in [1.54, 1.807) is 12.1 Å². The fraction of sp³-hybridized carbons (Fsp3) is 0.368. The number of ether oxygens (including phenoxy) is 3. The normalized spacial score (nSPS) is 26.0. The Kier molecular flexibility index (Phi) is 4.53. The van der Waals surface area contributed by atoms with E-state index >= 15 is 0 Å². The first kappa shape index (κ1) is 18.2. The minimum Gasteiger partial charge on any atom is -0.456 e. The summed E-state index contributed by atoms with van der Waals surface area (Å²) in [6.07, 6.45) is -1.78. The summed E-state index contributed by atoms with van der Waals surface area (Å²) in [6.45, 7) is 0.458. The zero-order chi connectivity index (χ0) is 20.0. The van der Waals surface area contributed by atoms with Crippen molar-refractivity contribution in [1.82, 2.24) is 15.0 Å². The number of aromatic amines is 1. The van der Waals surface area contributed by atoms with Crippen molar-refractivity contribution < 1.29 is 28.1 Å². The van der Waals surface area contributed by atoms with Crippen molar-refractivity contribution in [1.29, 1.82) is 0 Å². The third kappa shape index (κ3) is 3.39. The standard InChI is InChI=1S/C19H18F2N4O4/c20-10-2-1-3-11(21)9(10)6-22-15-5-4-12-18(24-15)25-19(23-12)29-14-8-28-16-13(26)7-27-17(14)16/h1-5,13-14,16-17,26H,6-8H2,(H2,22,23,24,25)/t13-,14-,16-,17-/m1/s1. The molecule has 2 aliphatic heterocycles. The third-order valence-electron chi connectivity index (χ3n) is 5.08. The lowest BCUT2D eigenvalue weighted by Crippen LogP contribution is -2.34. The van der Waals surface area contributed by atoms with Gasteiger partial charge >= 0.3 is 0 Å². The van der Waals surface area contributed by atoms with Gasteiger partial charge in [-0.25, -0.2) is 13.8 Å². The largest absolute Gasteiger partial charge is 0.456 e. The molecule has 0 saturated carbocycles. The molecule has 0 aliphatic carbocycles. The van der Waals surface area contributed by atoms with E-state index in [0.717, 1.165) is 0 Å². The molecule has 29 heavy (non-hydrogen) atoms. The lowest BCUT2D eigenvalue weighted by atomic mass is 10.1. The third-order valence-corrected chi connectivity index (χ3v) is 5.08. The summed E-state index contributed by atoms with van der Waals surface area (Å²) in [5, 5.41) is 12.7. The maximum absolute atomic E-state index is 13.7. The van der Waals surface area contributed by atoms with Gasteiger partial charge in [-0.15, -0.1) is 0 Å². The molecule has 3 aromatic rings. The van der Waals surface area contributed by atoms with Gasteiger partial charge in [-0.3, -0.25) is 0 Å². The number of aliphatic hydroxyl groups is 1. The van der Waals surface area contributed by atoms with Crippen LogP contribution in [0, 0.1) is 11.6 Å². The first-order chi connectivity index (χ1) is 14.1. The van der Waals surface area contributed by atoms with Crippen LogP contribution >= 0.6 is 0 Å². The minimum atomic E-state index is -0.654. The maximum atomic E-state index is 13.7. The summed E-state index contributed by atoms with van der Waals surface area (Å²) in [6, 6.07) is 7.40. The molecule has 0 spiro atoms. The number of halogens is 2. The molecule has 3 N–H and O–H groups in total. The number of aromatic nitrogens is 3. The summed E-state index contributed by atoms with van der Waals surface area (Å²) in [7, 11) is 0. The van der Waals surface area contributed by atoms with Crippen LogP contribution in [0.4, 0.5) is 14.6 Å². The smallest absolute Gasteiger partial charge is 0.296 e. The first-order valence-corrected chi connectivity index (χ1v) is 9.20. The van der Waals surface area contributed by atoms with E-state index in [-0.39, 0.29) is 43.5 Å². The van der Waals surface area contributed by atoms with Gasteiger partial charge in [-0.05, 0) is 24.3 Å². The maximum Gasteiger partial charge on any atom is 0.296 e. The SMILES string of the molecule is O[C@@H]1CO[C@H]2[C@@H]1OC[C@H]2Oc1nc2nc(NCc3c(F)cccc3F)ccc2[nH]1. The van der Waals surface area contributed by atoms with Gasteiger partial charge in [-0.1, -0.05) is 6.07 Å². The molecule has 0 bridgehead atoms. The summed E-state index contributed by atoms with van der Waals surface area (Å²) >= 11 is 0. The number of fused-ring (bicyclic) bond motifs is 2. The number of rotatable bonds is 5. The van der Waals surface area contributed by atoms with Crippen LogP contribution in [0.2, 0.25) is 0 Å². The monoisotopic (exact) mass is 404 g/mol. The lowest BCUT2D eigenvalue weighted by molar-refractivity contribution is 0.00706. The van der Waals surface area contributed by atoms with Crippen molar-refractivity contribution in [3.8, 4) is 6.01 Å². The van der Waals surface area contributed by atoms with Crippen molar-refractivity contribution >= 4 is 17.0 Å². The number of nitrogens with one attached hydrogen (secondary N) is 2. The van der Waals surface area contributed by atoms with E-state index in [9.17, 15) is 13.9 Å². The van der Waals surface area contributed by atoms with Crippen LogP contribution in [0.1, 0.15) is 5.56 Å². The molecule has 0 radical (unpaired) electrons. The second-order valence-electron chi connectivity index (χ2n) is 6.98. The Morgan fingerprint density at radius 1 is 1.10 bits per heavy atom. The molecule has 2 fully saturated rings. The first-order valence-electron chi connectivity index (χ1n) is 9.20. The molecule has 0 unspecified atom stereocenters. The molecule has 4 atom stereocenters. The van der Waals surface area contributed by atoms with Crippen LogP contribution < -0.4 is 10.1 Å². The Bertz CT molecular complexity index is 1030. The summed E-state index contributed by atoms with van der Waals surface area (Å²) < 4.78 is 44.4. The molecule has 152 valence electrons. The second kappa shape index (κ2) is 7.21. The van der Waals surface area contributed by atoms with Crippen LogP contribution in [0.25, 0.3) is 11.2 Å². The molecule has 2 aliphatic rings. The Morgan fingerprint density at radius 3 is 2.72 bits per heavy atom. The van der Waals surface area contributed by atoms with E-state index in [2.05, 4.69) is 20.3 Å². The number of hydrogen-bond acceptors (Lipinski definition) is 7. The van der Waals surface area contributed by atoms with E-state index in [1.165, 1.54) is 18.2 Å². The average molecular weight is 404 g/mol. The predicted molar refractivity (Wildman–Crippen MR) is 97.5 cm³/mol. The molecule has 4 heterocycles. The Morgan fingerprint density at radius 2 is 1.90 bits per heavy atom. The van der Waals surface area contributed by atoms with Gasteiger partial charge in [0.15, 0.2) is 11.8 Å². The van der Waals surface area contributed by atoms with Crippen molar-refractivity contribution in [3.63, 3.8) is 0 Å². The van der Waals surface area contributed by atoms with Crippen LogP contribution in [0.5, 0.6) is 6.01 Å². The van der Waals surface area contributed by atoms with Crippen LogP contribution in [0.3, 0.4) is 0 Å². The molecular formula is C19H18F2N4O4. The van der Waals surface area contributed by atoms with E-state index in [0.29, 0.717) is 17.0 Å². The number of aliphatic hydroxyl groups excluding tert-OH is 1. The van der Waals surface area contributed by atoms with Gasteiger partial charge < -0.3 is 29.6 Å². The molecule has 2 saturated heterocycles. The Balaban J connectivity index is 1.29. The molecular weight excluding hydrogens is 386 g/mol. The average Bonchev–Trinajstić information content (AvgIpc) is 3.38. The van der Waals surface area contributed by atoms with Gasteiger partial charge in [-0.2, -0.15) is 4.98 Å². The predicted octanol–water partition coefficient (Wildman–Crippen LogP) is 1.75. The molecule has 5 rings (SSSR count). The zero-order valence-electron chi connectivity index (χ0n) is 15.1. The molecule has 2 aromatic heterocycles. The van der Waals surface area contributed by atoms with Crippen LogP contribution in [-0.2, 0) is 16.0 Å². The number of pyridine rings is 1. The van der Waals surface area contributed by atoms with E-state index < -0.39 is 23.8 Å². The lowest BCUT2D eigenvalue weighted by Gasteiger charge is -2.15. The number of imidazole rings is 1. The topological polar surface area (TPSA) is 102 Å². The van der Waals surface area contributed by atoms with Gasteiger partial charge in [0, 0.05) is 12.1 Å². The van der Waals surface area contributed by atoms with Crippen LogP contribution in [0.15, 0.2) is 30.3 Å². The highest BCUT2D eigenvalue weighted by Crippen LogP contribution is 2.29. The van der Waals surface area contributed by atoms with E-state index in [1.807, 2.05) is 0 Å². The molecule has 8 nitrogen and oxygen atoms in total. The number of benzene rings is 1.